The van der Waals surface area contributed by atoms with Gasteiger partial charge >= 0.3 is 5.97 Å². The molecule has 0 saturated heterocycles. The lowest BCUT2D eigenvalue weighted by Gasteiger charge is -2.25. The first kappa shape index (κ1) is 24.2. The molecule has 38 heavy (non-hydrogen) atoms. The van der Waals surface area contributed by atoms with Crippen molar-refractivity contribution >= 4 is 34.5 Å². The zero-order valence-electron chi connectivity index (χ0n) is 21.1. The van der Waals surface area contributed by atoms with Crippen LogP contribution in [0.15, 0.2) is 57.5 Å². The van der Waals surface area contributed by atoms with Gasteiger partial charge in [-0.25, -0.2) is 9.79 Å². The standard InChI is InChI=1S/C28H25N3O6S/c1-4-6-18-22(27(34)35-5-2)23(15-8-10-19-20(12-15)37-13-36-19)31-26(33)24(38-28(31)30-18)21-16-11-14(3)7-9-17(16)29-25(21)32/h7-12,23H,4-6,13H2,1-3H3,(H,29,32)/b24-21-/t23-/m1/s1. The normalized spacial score (nSPS) is 18.6. The number of aromatic nitrogens is 1. The number of thiazole rings is 1. The van der Waals surface area contributed by atoms with E-state index >= 15 is 0 Å². The highest BCUT2D eigenvalue weighted by Crippen LogP contribution is 2.39. The van der Waals surface area contributed by atoms with Gasteiger partial charge in [0, 0.05) is 11.3 Å². The molecule has 3 aliphatic heterocycles. The maximum absolute atomic E-state index is 14.1. The molecule has 2 aromatic carbocycles. The molecule has 0 radical (unpaired) electrons. The van der Waals surface area contributed by atoms with Gasteiger partial charge in [0.25, 0.3) is 11.5 Å². The average molecular weight is 532 g/mol. The number of rotatable bonds is 5. The largest absolute Gasteiger partial charge is 0.463 e. The van der Waals surface area contributed by atoms with E-state index in [0.717, 1.165) is 23.3 Å². The molecule has 0 unspecified atom stereocenters. The van der Waals surface area contributed by atoms with Gasteiger partial charge in [-0.2, -0.15) is 0 Å². The molecule has 1 aromatic heterocycles. The maximum atomic E-state index is 14.1. The molecule has 0 fully saturated rings. The molecule has 6 rings (SSSR count). The number of nitrogens with zero attached hydrogens (tertiary/aromatic N) is 2. The zero-order valence-corrected chi connectivity index (χ0v) is 21.9. The van der Waals surface area contributed by atoms with Crippen LogP contribution in [0.25, 0.3) is 5.57 Å². The van der Waals surface area contributed by atoms with E-state index in [4.69, 9.17) is 19.2 Å². The molecular formula is C28H25N3O6S. The lowest BCUT2D eigenvalue weighted by Crippen LogP contribution is -2.40. The molecule has 1 N–H and O–H groups in total. The predicted molar refractivity (Wildman–Crippen MR) is 141 cm³/mol. The van der Waals surface area contributed by atoms with Crippen molar-refractivity contribution in [1.82, 2.24) is 4.57 Å². The Kier molecular flexibility index (Phi) is 5.91. The van der Waals surface area contributed by atoms with Crippen molar-refractivity contribution in [2.45, 2.75) is 39.7 Å². The number of carbonyl (C=O) groups excluding carboxylic acids is 2. The molecular weight excluding hydrogens is 506 g/mol. The van der Waals surface area contributed by atoms with Crippen LogP contribution in [0.2, 0.25) is 0 Å². The molecule has 9 nitrogen and oxygen atoms in total. The average Bonchev–Trinajstić information content (AvgIpc) is 3.58. The Bertz CT molecular complexity index is 1730. The number of nitrogens with one attached hydrogen (secondary N) is 1. The minimum absolute atomic E-state index is 0.0977. The first-order chi connectivity index (χ1) is 18.4. The molecule has 1 atom stereocenters. The SMILES string of the molecule is CCCC1=C(C(=O)OCC)[C@@H](c2ccc3c(c2)OCO3)n2c(s/c(=C3\C(=O)Nc4ccc(C)cc43)c2=O)=N1. The van der Waals surface area contributed by atoms with Crippen LogP contribution in [0.4, 0.5) is 5.69 Å². The van der Waals surface area contributed by atoms with E-state index in [1.807, 2.05) is 38.1 Å². The van der Waals surface area contributed by atoms with Crippen molar-refractivity contribution in [2.75, 3.05) is 18.7 Å². The lowest BCUT2D eigenvalue weighted by molar-refractivity contribution is -0.139. The summed E-state index contributed by atoms with van der Waals surface area (Å²) in [6, 6.07) is 10.2. The number of fused-ring (bicyclic) bond motifs is 3. The highest BCUT2D eigenvalue weighted by molar-refractivity contribution is 7.07. The van der Waals surface area contributed by atoms with E-state index in [9.17, 15) is 14.4 Å². The number of anilines is 1. The number of amides is 1. The molecule has 194 valence electrons. The van der Waals surface area contributed by atoms with Crippen molar-refractivity contribution in [2.24, 2.45) is 4.99 Å². The Hall–Kier alpha value is -4.18. The summed E-state index contributed by atoms with van der Waals surface area (Å²) in [7, 11) is 0. The number of hydrogen-bond acceptors (Lipinski definition) is 8. The van der Waals surface area contributed by atoms with E-state index in [2.05, 4.69) is 5.32 Å². The van der Waals surface area contributed by atoms with Crippen molar-refractivity contribution in [3.8, 4) is 11.5 Å². The number of ether oxygens (including phenoxy) is 3. The van der Waals surface area contributed by atoms with Crippen molar-refractivity contribution in [3.63, 3.8) is 0 Å². The number of esters is 1. The lowest BCUT2D eigenvalue weighted by atomic mass is 9.94. The second-order valence-electron chi connectivity index (χ2n) is 9.22. The predicted octanol–water partition coefficient (Wildman–Crippen LogP) is 2.94. The van der Waals surface area contributed by atoms with Crippen LogP contribution in [0.5, 0.6) is 11.5 Å². The summed E-state index contributed by atoms with van der Waals surface area (Å²) in [6.07, 6.45) is 1.26. The van der Waals surface area contributed by atoms with E-state index < -0.39 is 17.6 Å². The number of hydrogen-bond donors (Lipinski definition) is 1. The Morgan fingerprint density at radius 1 is 1.16 bits per heavy atom. The van der Waals surface area contributed by atoms with Crippen LogP contribution >= 0.6 is 11.3 Å². The fraction of sp³-hybridized carbons (Fsp3) is 0.286. The van der Waals surface area contributed by atoms with Crippen molar-refractivity contribution in [3.05, 3.63) is 84.0 Å². The fourth-order valence-electron chi connectivity index (χ4n) is 5.08. The van der Waals surface area contributed by atoms with Gasteiger partial charge in [0.1, 0.15) is 4.53 Å². The number of allylic oxidation sites excluding steroid dienone is 1. The first-order valence-electron chi connectivity index (χ1n) is 12.5. The first-order valence-corrected chi connectivity index (χ1v) is 13.3. The Morgan fingerprint density at radius 2 is 1.97 bits per heavy atom. The van der Waals surface area contributed by atoms with Gasteiger partial charge in [-0.3, -0.25) is 14.2 Å². The molecule has 1 amide bonds. The van der Waals surface area contributed by atoms with E-state index in [-0.39, 0.29) is 23.8 Å². The highest BCUT2D eigenvalue weighted by atomic mass is 32.1. The third-order valence-corrected chi connectivity index (χ3v) is 7.78. The third kappa shape index (κ3) is 3.75. The summed E-state index contributed by atoms with van der Waals surface area (Å²) in [6.45, 7) is 5.95. The van der Waals surface area contributed by atoms with Crippen LogP contribution in [0, 0.1) is 6.92 Å². The van der Waals surface area contributed by atoms with Gasteiger partial charge in [0.2, 0.25) is 6.79 Å². The second kappa shape index (κ2) is 9.29. The van der Waals surface area contributed by atoms with Gasteiger partial charge in [0.15, 0.2) is 16.3 Å². The molecule has 3 aliphatic rings. The fourth-order valence-corrected chi connectivity index (χ4v) is 6.19. The van der Waals surface area contributed by atoms with E-state index in [1.165, 1.54) is 4.57 Å². The monoisotopic (exact) mass is 531 g/mol. The molecule has 3 aromatic rings. The summed E-state index contributed by atoms with van der Waals surface area (Å²) >= 11 is 1.16. The summed E-state index contributed by atoms with van der Waals surface area (Å²) in [5, 5.41) is 2.86. The van der Waals surface area contributed by atoms with Gasteiger partial charge in [-0.05, 0) is 50.1 Å². The third-order valence-electron chi connectivity index (χ3n) is 6.73. The quantitative estimate of drug-likeness (QED) is 0.508. The number of benzene rings is 2. The Morgan fingerprint density at radius 3 is 2.76 bits per heavy atom. The van der Waals surface area contributed by atoms with Crippen molar-refractivity contribution < 1.29 is 23.8 Å². The van der Waals surface area contributed by atoms with Crippen LogP contribution in [0.1, 0.15) is 49.4 Å². The van der Waals surface area contributed by atoms with Crippen LogP contribution in [0.3, 0.4) is 0 Å². The highest BCUT2D eigenvalue weighted by Gasteiger charge is 2.36. The Balaban J connectivity index is 1.66. The van der Waals surface area contributed by atoms with Gasteiger partial charge < -0.3 is 19.5 Å². The molecule has 0 bridgehead atoms. The van der Waals surface area contributed by atoms with Crippen molar-refractivity contribution in [1.29, 1.82) is 0 Å². The maximum Gasteiger partial charge on any atom is 0.338 e. The van der Waals surface area contributed by atoms with Gasteiger partial charge in [-0.1, -0.05) is 42.4 Å². The number of carbonyl (C=O) groups is 2. The minimum Gasteiger partial charge on any atom is -0.463 e. The molecule has 0 spiro atoms. The Labute approximate surface area is 221 Å². The minimum atomic E-state index is -0.808. The van der Waals surface area contributed by atoms with Crippen LogP contribution < -0.4 is 29.7 Å². The van der Waals surface area contributed by atoms with Crippen LogP contribution in [-0.2, 0) is 14.3 Å². The van der Waals surface area contributed by atoms with Crippen LogP contribution in [-0.4, -0.2) is 29.8 Å². The zero-order chi connectivity index (χ0) is 26.6. The topological polar surface area (TPSA) is 108 Å². The number of aryl methyl sites for hydroxylation is 1. The summed E-state index contributed by atoms with van der Waals surface area (Å²) in [4.78, 5) is 45.8. The summed E-state index contributed by atoms with van der Waals surface area (Å²) in [5.41, 5.74) is 3.76. The molecule has 4 heterocycles. The molecule has 0 saturated carbocycles. The van der Waals surface area contributed by atoms with E-state index in [1.54, 1.807) is 19.1 Å². The van der Waals surface area contributed by atoms with Gasteiger partial charge in [-0.15, -0.1) is 0 Å². The molecule has 0 aliphatic carbocycles. The van der Waals surface area contributed by atoms with E-state index in [0.29, 0.717) is 56.4 Å². The smallest absolute Gasteiger partial charge is 0.338 e. The summed E-state index contributed by atoms with van der Waals surface area (Å²) < 4.78 is 18.3. The second-order valence-corrected chi connectivity index (χ2v) is 10.2. The van der Waals surface area contributed by atoms with Gasteiger partial charge in [0.05, 0.1) is 29.5 Å². The summed E-state index contributed by atoms with van der Waals surface area (Å²) in [5.74, 6) is 0.256. The molecule has 10 heteroatoms.